The van der Waals surface area contributed by atoms with Crippen LogP contribution in [0.2, 0.25) is 0 Å². The summed E-state index contributed by atoms with van der Waals surface area (Å²) in [5.74, 6) is 0.0245. The zero-order valence-corrected chi connectivity index (χ0v) is 18.0. The number of rotatable bonds is 8. The standard InChI is InChI=1S/C19H27N3O5S2/c1-28(24,25)22-12-10-16(11-13-22)14-20-19(23)9-4-15-2-7-18(8-3-15)29(26,27)21-17-5-6-17/h2-4,7-9,16-17,21H,5-6,10-14H2,1H3,(H,20,23)/b9-4+. The lowest BCUT2D eigenvalue weighted by molar-refractivity contribution is -0.116. The van der Waals surface area contributed by atoms with Gasteiger partial charge in [-0.1, -0.05) is 12.1 Å². The highest BCUT2D eigenvalue weighted by molar-refractivity contribution is 7.89. The third-order valence-electron chi connectivity index (χ3n) is 5.12. The van der Waals surface area contributed by atoms with Crippen molar-refractivity contribution in [1.29, 1.82) is 0 Å². The topological polar surface area (TPSA) is 113 Å². The zero-order valence-electron chi connectivity index (χ0n) is 16.4. The van der Waals surface area contributed by atoms with E-state index in [2.05, 4.69) is 10.0 Å². The molecule has 1 aliphatic heterocycles. The first-order chi connectivity index (χ1) is 13.6. The molecule has 0 unspecified atom stereocenters. The molecule has 1 saturated carbocycles. The third kappa shape index (κ3) is 6.63. The van der Waals surface area contributed by atoms with Gasteiger partial charge in [-0.25, -0.2) is 25.9 Å². The molecule has 0 bridgehead atoms. The van der Waals surface area contributed by atoms with E-state index < -0.39 is 20.0 Å². The average molecular weight is 442 g/mol. The summed E-state index contributed by atoms with van der Waals surface area (Å²) in [4.78, 5) is 12.2. The quantitative estimate of drug-likeness (QED) is 0.583. The molecule has 1 saturated heterocycles. The predicted octanol–water partition coefficient (Wildman–Crippen LogP) is 0.928. The molecular weight excluding hydrogens is 414 g/mol. The largest absolute Gasteiger partial charge is 0.352 e. The SMILES string of the molecule is CS(=O)(=O)N1CCC(CNC(=O)/C=C/c2ccc(S(=O)(=O)NC3CC3)cc2)CC1. The van der Waals surface area contributed by atoms with E-state index in [4.69, 9.17) is 0 Å². The molecule has 0 aromatic heterocycles. The van der Waals surface area contributed by atoms with Gasteiger partial charge in [0.15, 0.2) is 0 Å². The maximum atomic E-state index is 12.1. The summed E-state index contributed by atoms with van der Waals surface area (Å²) in [6.45, 7) is 1.48. The number of sulfonamides is 2. The van der Waals surface area contributed by atoms with Gasteiger partial charge in [-0.2, -0.15) is 0 Å². The Morgan fingerprint density at radius 3 is 2.24 bits per heavy atom. The molecule has 1 aromatic carbocycles. The third-order valence-corrected chi connectivity index (χ3v) is 7.96. The average Bonchev–Trinajstić information content (AvgIpc) is 3.48. The van der Waals surface area contributed by atoms with Crippen molar-refractivity contribution in [3.05, 3.63) is 35.9 Å². The molecule has 1 aliphatic carbocycles. The number of carbonyl (C=O) groups is 1. The fraction of sp³-hybridized carbons (Fsp3) is 0.526. The van der Waals surface area contributed by atoms with Gasteiger partial charge in [0.2, 0.25) is 26.0 Å². The number of carbonyl (C=O) groups excluding carboxylic acids is 1. The van der Waals surface area contributed by atoms with E-state index in [9.17, 15) is 21.6 Å². The van der Waals surface area contributed by atoms with Gasteiger partial charge in [-0.15, -0.1) is 0 Å². The van der Waals surface area contributed by atoms with Crippen LogP contribution in [0.1, 0.15) is 31.2 Å². The van der Waals surface area contributed by atoms with E-state index in [1.165, 1.54) is 28.8 Å². The monoisotopic (exact) mass is 441 g/mol. The van der Waals surface area contributed by atoms with Crippen LogP contribution in [0.25, 0.3) is 6.08 Å². The van der Waals surface area contributed by atoms with Gasteiger partial charge < -0.3 is 5.32 Å². The molecule has 2 fully saturated rings. The molecule has 2 N–H and O–H groups in total. The van der Waals surface area contributed by atoms with Crippen LogP contribution in [-0.2, 0) is 24.8 Å². The number of amides is 1. The lowest BCUT2D eigenvalue weighted by atomic mass is 9.98. The van der Waals surface area contributed by atoms with Crippen LogP contribution in [0.5, 0.6) is 0 Å². The summed E-state index contributed by atoms with van der Waals surface area (Å²) < 4.78 is 51.4. The molecule has 29 heavy (non-hydrogen) atoms. The molecule has 1 aromatic rings. The molecule has 2 aliphatic rings. The van der Waals surface area contributed by atoms with Crippen LogP contribution in [0, 0.1) is 5.92 Å². The lowest BCUT2D eigenvalue weighted by Gasteiger charge is -2.30. The molecule has 1 amide bonds. The Bertz CT molecular complexity index is 960. The Morgan fingerprint density at radius 1 is 1.07 bits per heavy atom. The van der Waals surface area contributed by atoms with Crippen molar-refractivity contribution in [3.63, 3.8) is 0 Å². The number of hydrogen-bond donors (Lipinski definition) is 2. The van der Waals surface area contributed by atoms with Gasteiger partial charge in [-0.3, -0.25) is 4.79 Å². The fourth-order valence-electron chi connectivity index (χ4n) is 3.17. The molecule has 1 heterocycles. The van der Waals surface area contributed by atoms with E-state index in [1.54, 1.807) is 18.2 Å². The molecule has 10 heteroatoms. The molecule has 160 valence electrons. The minimum absolute atomic E-state index is 0.0573. The minimum Gasteiger partial charge on any atom is -0.352 e. The van der Waals surface area contributed by atoms with Crippen LogP contribution in [0.3, 0.4) is 0 Å². The van der Waals surface area contributed by atoms with E-state index in [1.807, 2.05) is 0 Å². The summed E-state index contributed by atoms with van der Waals surface area (Å²) in [6.07, 6.45) is 7.47. The Kier molecular flexibility index (Phi) is 6.77. The first-order valence-electron chi connectivity index (χ1n) is 9.67. The Balaban J connectivity index is 1.44. The molecule has 0 atom stereocenters. The van der Waals surface area contributed by atoms with E-state index in [0.29, 0.717) is 19.6 Å². The summed E-state index contributed by atoms with van der Waals surface area (Å²) in [7, 11) is -6.62. The summed E-state index contributed by atoms with van der Waals surface area (Å²) in [5, 5.41) is 2.84. The van der Waals surface area contributed by atoms with Crippen LogP contribution in [0.15, 0.2) is 35.2 Å². The van der Waals surface area contributed by atoms with E-state index >= 15 is 0 Å². The Labute approximate surface area is 172 Å². The van der Waals surface area contributed by atoms with Crippen LogP contribution >= 0.6 is 0 Å². The second-order valence-corrected chi connectivity index (χ2v) is 11.3. The van der Waals surface area contributed by atoms with Crippen molar-refractivity contribution in [3.8, 4) is 0 Å². The highest BCUT2D eigenvalue weighted by atomic mass is 32.2. The van der Waals surface area contributed by atoms with Gasteiger partial charge in [0.1, 0.15) is 0 Å². The first kappa shape index (κ1) is 21.9. The summed E-state index contributed by atoms with van der Waals surface area (Å²) in [5.41, 5.74) is 0.729. The molecule has 0 radical (unpaired) electrons. The van der Waals surface area contributed by atoms with Crippen molar-refractivity contribution in [2.75, 3.05) is 25.9 Å². The summed E-state index contributed by atoms with van der Waals surface area (Å²) >= 11 is 0. The first-order valence-corrected chi connectivity index (χ1v) is 13.0. The van der Waals surface area contributed by atoms with Crippen LogP contribution in [-0.4, -0.2) is 59.0 Å². The van der Waals surface area contributed by atoms with Gasteiger partial charge in [0, 0.05) is 31.8 Å². The van der Waals surface area contributed by atoms with Crippen molar-refractivity contribution < 1.29 is 21.6 Å². The maximum Gasteiger partial charge on any atom is 0.244 e. The molecule has 8 nitrogen and oxygen atoms in total. The minimum atomic E-state index is -3.47. The van der Waals surface area contributed by atoms with Crippen molar-refractivity contribution in [2.45, 2.75) is 36.6 Å². The maximum absolute atomic E-state index is 12.1. The van der Waals surface area contributed by atoms with Gasteiger partial charge in [-0.05, 0) is 55.4 Å². The number of nitrogens with one attached hydrogen (secondary N) is 2. The van der Waals surface area contributed by atoms with Crippen LogP contribution < -0.4 is 10.0 Å². The number of piperidine rings is 1. The predicted molar refractivity (Wildman–Crippen MR) is 111 cm³/mol. The van der Waals surface area contributed by atoms with Gasteiger partial charge >= 0.3 is 0 Å². The highest BCUT2D eigenvalue weighted by Crippen LogP contribution is 2.22. The van der Waals surface area contributed by atoms with Gasteiger partial charge in [0.25, 0.3) is 0 Å². The lowest BCUT2D eigenvalue weighted by Crippen LogP contribution is -2.40. The van der Waals surface area contributed by atoms with Crippen molar-refractivity contribution >= 4 is 32.0 Å². The molecule has 3 rings (SSSR count). The summed E-state index contributed by atoms with van der Waals surface area (Å²) in [6, 6.07) is 6.43. The second-order valence-electron chi connectivity index (χ2n) is 7.65. The number of nitrogens with zero attached hydrogens (tertiary/aromatic N) is 1. The van der Waals surface area contributed by atoms with Crippen molar-refractivity contribution in [2.24, 2.45) is 5.92 Å². The molecule has 0 spiro atoms. The Morgan fingerprint density at radius 2 is 1.69 bits per heavy atom. The van der Waals surface area contributed by atoms with Crippen molar-refractivity contribution in [1.82, 2.24) is 14.3 Å². The Hall–Kier alpha value is -1.75. The number of hydrogen-bond acceptors (Lipinski definition) is 5. The van der Waals surface area contributed by atoms with E-state index in [0.717, 1.165) is 31.2 Å². The normalized spacial score (nSPS) is 19.5. The van der Waals surface area contributed by atoms with E-state index in [-0.39, 0.29) is 22.8 Å². The zero-order chi connectivity index (χ0) is 21.1. The van der Waals surface area contributed by atoms with Gasteiger partial charge in [0.05, 0.1) is 11.2 Å². The van der Waals surface area contributed by atoms with Crippen LogP contribution in [0.4, 0.5) is 0 Å². The smallest absolute Gasteiger partial charge is 0.244 e. The highest BCUT2D eigenvalue weighted by Gasteiger charge is 2.28. The second kappa shape index (κ2) is 8.95. The number of benzene rings is 1. The fourth-order valence-corrected chi connectivity index (χ4v) is 5.35. The molecular formula is C19H27N3O5S2.